The number of methoxy groups -OCH3 is 1. The second kappa shape index (κ2) is 6.51. The maximum atomic E-state index is 13.5. The summed E-state index contributed by atoms with van der Waals surface area (Å²) in [5.41, 5.74) is 2.39. The molecule has 0 bridgehead atoms. The topological polar surface area (TPSA) is 111 Å². The van der Waals surface area contributed by atoms with Gasteiger partial charge >= 0.3 is 0 Å². The zero-order chi connectivity index (χ0) is 20.0. The van der Waals surface area contributed by atoms with E-state index in [2.05, 4.69) is 31.0 Å². The molecular formula is C19H14FN7O2. The molecule has 10 heteroatoms. The number of halogens is 1. The van der Waals surface area contributed by atoms with Crippen LogP contribution in [0.4, 0.5) is 16.0 Å². The van der Waals surface area contributed by atoms with Gasteiger partial charge in [-0.3, -0.25) is 4.79 Å². The summed E-state index contributed by atoms with van der Waals surface area (Å²) in [5, 5.41) is 21.5. The molecule has 2 aromatic heterocycles. The number of fused-ring (bicyclic) bond motifs is 2. The van der Waals surface area contributed by atoms with Gasteiger partial charge in [0.25, 0.3) is 5.56 Å². The van der Waals surface area contributed by atoms with Crippen LogP contribution in [0.1, 0.15) is 17.2 Å². The third-order valence-electron chi connectivity index (χ3n) is 4.80. The van der Waals surface area contributed by atoms with Crippen molar-refractivity contribution in [3.8, 4) is 17.0 Å². The fourth-order valence-electron chi connectivity index (χ4n) is 3.49. The molecule has 0 aliphatic carbocycles. The van der Waals surface area contributed by atoms with Gasteiger partial charge in [0.2, 0.25) is 5.95 Å². The van der Waals surface area contributed by atoms with E-state index in [4.69, 9.17) is 4.74 Å². The molecule has 9 nitrogen and oxygen atoms in total. The number of ether oxygens (including phenoxy) is 1. The fourth-order valence-corrected chi connectivity index (χ4v) is 3.49. The lowest BCUT2D eigenvalue weighted by Gasteiger charge is -2.28. The van der Waals surface area contributed by atoms with Crippen molar-refractivity contribution >= 4 is 11.6 Å². The number of rotatable bonds is 3. The SMILES string of the molecule is COc1cccc([C@H]2c3c(-c4ccc(F)cc4)n[nH]c(=O)c3Nc3nnnn32)c1. The molecule has 29 heavy (non-hydrogen) atoms. The fraction of sp³-hybridized carbons (Fsp3) is 0.105. The summed E-state index contributed by atoms with van der Waals surface area (Å²) >= 11 is 0. The highest BCUT2D eigenvalue weighted by atomic mass is 19.1. The minimum absolute atomic E-state index is 0.287. The van der Waals surface area contributed by atoms with Gasteiger partial charge in [0.15, 0.2) is 0 Å². The van der Waals surface area contributed by atoms with E-state index in [9.17, 15) is 9.18 Å². The van der Waals surface area contributed by atoms with Crippen molar-refractivity contribution in [2.75, 3.05) is 12.4 Å². The quantitative estimate of drug-likeness (QED) is 0.485. The van der Waals surface area contributed by atoms with Gasteiger partial charge in [-0.05, 0) is 52.4 Å². The Balaban J connectivity index is 1.81. The van der Waals surface area contributed by atoms with Crippen molar-refractivity contribution < 1.29 is 9.13 Å². The minimum Gasteiger partial charge on any atom is -0.497 e. The van der Waals surface area contributed by atoms with E-state index in [0.29, 0.717) is 28.5 Å². The summed E-state index contributed by atoms with van der Waals surface area (Å²) in [4.78, 5) is 12.6. The number of nitrogens with zero attached hydrogens (tertiary/aromatic N) is 5. The summed E-state index contributed by atoms with van der Waals surface area (Å²) < 4.78 is 20.4. The molecule has 4 aromatic rings. The van der Waals surface area contributed by atoms with Crippen molar-refractivity contribution in [2.24, 2.45) is 0 Å². The molecule has 1 aliphatic rings. The van der Waals surface area contributed by atoms with E-state index in [1.165, 1.54) is 12.1 Å². The molecule has 0 saturated carbocycles. The Kier molecular flexibility index (Phi) is 3.83. The highest BCUT2D eigenvalue weighted by Crippen LogP contribution is 2.41. The van der Waals surface area contributed by atoms with E-state index in [1.54, 1.807) is 23.9 Å². The Morgan fingerprint density at radius 3 is 2.79 bits per heavy atom. The molecule has 3 heterocycles. The molecule has 0 radical (unpaired) electrons. The van der Waals surface area contributed by atoms with Crippen molar-refractivity contribution in [3.63, 3.8) is 0 Å². The molecule has 1 atom stereocenters. The zero-order valence-electron chi connectivity index (χ0n) is 15.1. The molecule has 144 valence electrons. The predicted octanol–water partition coefficient (Wildman–Crippen LogP) is 2.27. The van der Waals surface area contributed by atoms with Gasteiger partial charge in [0.1, 0.15) is 23.3 Å². The van der Waals surface area contributed by atoms with Crippen molar-refractivity contribution in [1.29, 1.82) is 0 Å². The third-order valence-corrected chi connectivity index (χ3v) is 4.80. The molecule has 0 unspecified atom stereocenters. The summed E-state index contributed by atoms with van der Waals surface area (Å²) in [7, 11) is 1.58. The van der Waals surface area contributed by atoms with Crippen molar-refractivity contribution in [2.45, 2.75) is 6.04 Å². The van der Waals surface area contributed by atoms with Gasteiger partial charge in [0.05, 0.1) is 12.8 Å². The Morgan fingerprint density at radius 2 is 2.00 bits per heavy atom. The second-order valence-corrected chi connectivity index (χ2v) is 6.45. The summed E-state index contributed by atoms with van der Waals surface area (Å²) in [6.45, 7) is 0. The van der Waals surface area contributed by atoms with E-state index in [0.717, 1.165) is 5.56 Å². The normalized spacial score (nSPS) is 14.6. The zero-order valence-corrected chi connectivity index (χ0v) is 15.1. The minimum atomic E-state index is -0.541. The van der Waals surface area contributed by atoms with Gasteiger partial charge < -0.3 is 10.1 Å². The van der Waals surface area contributed by atoms with Crippen LogP contribution in [-0.4, -0.2) is 37.5 Å². The molecule has 1 aliphatic heterocycles. The first-order valence-corrected chi connectivity index (χ1v) is 8.73. The van der Waals surface area contributed by atoms with Gasteiger partial charge in [-0.25, -0.2) is 9.49 Å². The molecule has 0 spiro atoms. The Labute approximate surface area is 163 Å². The average Bonchev–Trinajstić information content (AvgIpc) is 3.22. The lowest BCUT2D eigenvalue weighted by atomic mass is 9.92. The van der Waals surface area contributed by atoms with Crippen molar-refractivity contribution in [1.82, 2.24) is 30.4 Å². The molecule has 5 rings (SSSR count). The van der Waals surface area contributed by atoms with Crippen LogP contribution in [0.25, 0.3) is 11.3 Å². The maximum absolute atomic E-state index is 13.5. The lowest BCUT2D eigenvalue weighted by molar-refractivity contribution is 0.413. The van der Waals surface area contributed by atoms with Crippen LogP contribution < -0.4 is 15.6 Å². The number of nitrogens with one attached hydrogen (secondary N) is 2. The number of hydrogen-bond acceptors (Lipinski definition) is 7. The van der Waals surface area contributed by atoms with Crippen LogP contribution in [0, 0.1) is 5.82 Å². The van der Waals surface area contributed by atoms with Gasteiger partial charge in [-0.1, -0.05) is 17.2 Å². The Bertz CT molecular complexity index is 1270. The molecule has 0 fully saturated rings. The number of aromatic nitrogens is 6. The van der Waals surface area contributed by atoms with Crippen LogP contribution in [0.5, 0.6) is 5.75 Å². The van der Waals surface area contributed by atoms with E-state index in [-0.39, 0.29) is 11.5 Å². The highest BCUT2D eigenvalue weighted by molar-refractivity contribution is 5.75. The molecular weight excluding hydrogens is 377 g/mol. The number of benzene rings is 2. The predicted molar refractivity (Wildman–Crippen MR) is 102 cm³/mol. The maximum Gasteiger partial charge on any atom is 0.288 e. The number of hydrogen-bond donors (Lipinski definition) is 2. The summed E-state index contributed by atoms with van der Waals surface area (Å²) in [6, 6.07) is 12.8. The van der Waals surface area contributed by atoms with Crippen LogP contribution in [0.2, 0.25) is 0 Å². The highest BCUT2D eigenvalue weighted by Gasteiger charge is 2.34. The summed E-state index contributed by atoms with van der Waals surface area (Å²) in [5.74, 6) is 0.614. The number of aromatic amines is 1. The van der Waals surface area contributed by atoms with Gasteiger partial charge in [-0.15, -0.1) is 0 Å². The van der Waals surface area contributed by atoms with E-state index in [1.807, 2.05) is 24.3 Å². The summed E-state index contributed by atoms with van der Waals surface area (Å²) in [6.07, 6.45) is 0. The molecule has 0 saturated heterocycles. The number of tetrazole rings is 1. The molecule has 0 amide bonds. The Morgan fingerprint density at radius 1 is 1.17 bits per heavy atom. The van der Waals surface area contributed by atoms with Gasteiger partial charge in [-0.2, -0.15) is 9.78 Å². The van der Waals surface area contributed by atoms with Crippen molar-refractivity contribution in [3.05, 3.63) is 75.8 Å². The van der Waals surface area contributed by atoms with E-state index >= 15 is 0 Å². The van der Waals surface area contributed by atoms with Crippen LogP contribution in [0.15, 0.2) is 53.3 Å². The second-order valence-electron chi connectivity index (χ2n) is 6.45. The Hall–Kier alpha value is -4.08. The molecule has 2 aromatic carbocycles. The standard InChI is InChI=1S/C19H14FN7O2/c1-29-13-4-2-3-11(9-13)17-14-15(10-5-7-12(20)8-6-10)22-23-18(28)16(14)21-19-24-25-26-27(17)19/h2-9,17H,1H3,(H,23,28)(H,21,24,26)/t17-/m0/s1. The van der Waals surface area contributed by atoms with Gasteiger partial charge in [0, 0.05) is 11.1 Å². The third kappa shape index (κ3) is 2.73. The lowest BCUT2D eigenvalue weighted by Crippen LogP contribution is -2.29. The first-order valence-electron chi connectivity index (χ1n) is 8.73. The average molecular weight is 391 g/mol. The molecule has 2 N–H and O–H groups in total. The van der Waals surface area contributed by atoms with E-state index < -0.39 is 11.6 Å². The first-order chi connectivity index (χ1) is 14.2. The smallest absolute Gasteiger partial charge is 0.288 e. The van der Waals surface area contributed by atoms with Crippen LogP contribution >= 0.6 is 0 Å². The van der Waals surface area contributed by atoms with Crippen LogP contribution in [-0.2, 0) is 0 Å². The monoisotopic (exact) mass is 391 g/mol. The number of anilines is 2. The first kappa shape index (κ1) is 17.0. The largest absolute Gasteiger partial charge is 0.497 e. The van der Waals surface area contributed by atoms with Crippen LogP contribution in [0.3, 0.4) is 0 Å². The number of H-pyrrole nitrogens is 1.